The quantitative estimate of drug-likeness (QED) is 0.498. The maximum atomic E-state index is 11.9. The molecule has 24 heavy (non-hydrogen) atoms. The van der Waals surface area contributed by atoms with Crippen molar-refractivity contribution in [1.29, 1.82) is 0 Å². The first kappa shape index (κ1) is 16.9. The zero-order valence-electron chi connectivity index (χ0n) is 13.1. The molecular weight excluding hydrogens is 314 g/mol. The fourth-order valence-corrected chi connectivity index (χ4v) is 1.87. The molecule has 0 aliphatic carbocycles. The lowest BCUT2D eigenvalue weighted by atomic mass is 10.2. The maximum absolute atomic E-state index is 11.9. The number of nitro groups is 1. The van der Waals surface area contributed by atoms with Crippen LogP contribution in [-0.4, -0.2) is 31.3 Å². The Labute approximate surface area is 137 Å². The number of non-ortho nitro benzene ring substituents is 1. The number of benzene rings is 2. The summed E-state index contributed by atoms with van der Waals surface area (Å²) in [5.41, 5.74) is 3.21. The fraction of sp³-hybridized carbons (Fsp3) is 0.125. The molecule has 0 atom stereocenters. The van der Waals surface area contributed by atoms with Crippen molar-refractivity contribution in [3.8, 4) is 11.5 Å². The molecule has 0 radical (unpaired) electrons. The Bertz CT molecular complexity index is 750. The van der Waals surface area contributed by atoms with Gasteiger partial charge in [0.25, 0.3) is 11.6 Å². The van der Waals surface area contributed by atoms with Crippen molar-refractivity contribution in [1.82, 2.24) is 5.43 Å². The van der Waals surface area contributed by atoms with Crippen LogP contribution in [0.4, 0.5) is 5.69 Å². The standard InChI is InChI=1S/C16H15N3O5/c1-23-14-7-11(8-15(9-14)24-2)10-17-18-16(20)12-3-5-13(6-4-12)19(21)22/h3-10H,1-2H3,(H,18,20)/b17-10+. The number of hydrogen-bond acceptors (Lipinski definition) is 6. The third kappa shape index (κ3) is 4.29. The average Bonchev–Trinajstić information content (AvgIpc) is 2.61. The second-order valence-corrected chi connectivity index (χ2v) is 4.65. The summed E-state index contributed by atoms with van der Waals surface area (Å²) in [6.45, 7) is 0. The van der Waals surface area contributed by atoms with E-state index in [1.54, 1.807) is 18.2 Å². The van der Waals surface area contributed by atoms with Crippen molar-refractivity contribution in [3.05, 3.63) is 63.7 Å². The van der Waals surface area contributed by atoms with Crippen LogP contribution in [0.3, 0.4) is 0 Å². The number of rotatable bonds is 6. The molecule has 1 amide bonds. The molecule has 1 N–H and O–H groups in total. The summed E-state index contributed by atoms with van der Waals surface area (Å²) in [4.78, 5) is 22.0. The first-order valence-electron chi connectivity index (χ1n) is 6.84. The van der Waals surface area contributed by atoms with Crippen LogP contribution in [0, 0.1) is 10.1 Å². The van der Waals surface area contributed by atoms with E-state index in [2.05, 4.69) is 10.5 Å². The molecule has 2 rings (SSSR count). The van der Waals surface area contributed by atoms with E-state index in [4.69, 9.17) is 9.47 Å². The fourth-order valence-electron chi connectivity index (χ4n) is 1.87. The predicted molar refractivity (Wildman–Crippen MR) is 87.7 cm³/mol. The summed E-state index contributed by atoms with van der Waals surface area (Å²) in [6, 6.07) is 10.4. The van der Waals surface area contributed by atoms with E-state index in [1.165, 1.54) is 44.7 Å². The van der Waals surface area contributed by atoms with E-state index in [1.807, 2.05) is 0 Å². The zero-order valence-corrected chi connectivity index (χ0v) is 13.1. The van der Waals surface area contributed by atoms with Gasteiger partial charge in [0.1, 0.15) is 11.5 Å². The number of amides is 1. The van der Waals surface area contributed by atoms with Crippen LogP contribution >= 0.6 is 0 Å². The molecule has 124 valence electrons. The number of methoxy groups -OCH3 is 2. The summed E-state index contributed by atoms with van der Waals surface area (Å²) >= 11 is 0. The van der Waals surface area contributed by atoms with Crippen molar-refractivity contribution in [3.63, 3.8) is 0 Å². The van der Waals surface area contributed by atoms with Gasteiger partial charge in [0, 0.05) is 29.3 Å². The molecular formula is C16H15N3O5. The van der Waals surface area contributed by atoms with Gasteiger partial charge in [-0.3, -0.25) is 14.9 Å². The molecule has 2 aromatic rings. The molecule has 0 heterocycles. The normalized spacial score (nSPS) is 10.4. The molecule has 0 unspecified atom stereocenters. The van der Waals surface area contributed by atoms with E-state index in [-0.39, 0.29) is 11.3 Å². The number of nitrogens with zero attached hydrogens (tertiary/aromatic N) is 2. The van der Waals surface area contributed by atoms with Gasteiger partial charge in [-0.1, -0.05) is 0 Å². The maximum Gasteiger partial charge on any atom is 0.271 e. The third-order valence-electron chi connectivity index (χ3n) is 3.09. The summed E-state index contributed by atoms with van der Waals surface area (Å²) in [6.07, 6.45) is 1.44. The van der Waals surface area contributed by atoms with Gasteiger partial charge < -0.3 is 9.47 Å². The van der Waals surface area contributed by atoms with E-state index in [0.29, 0.717) is 17.1 Å². The van der Waals surface area contributed by atoms with Gasteiger partial charge in [0.2, 0.25) is 0 Å². The lowest BCUT2D eigenvalue weighted by Gasteiger charge is -2.05. The van der Waals surface area contributed by atoms with Crippen LogP contribution in [0.25, 0.3) is 0 Å². The molecule has 2 aromatic carbocycles. The van der Waals surface area contributed by atoms with Gasteiger partial charge >= 0.3 is 0 Å². The first-order chi connectivity index (χ1) is 11.5. The second-order valence-electron chi connectivity index (χ2n) is 4.65. The lowest BCUT2D eigenvalue weighted by molar-refractivity contribution is -0.384. The Morgan fingerprint density at radius 3 is 2.21 bits per heavy atom. The van der Waals surface area contributed by atoms with Crippen LogP contribution in [0.2, 0.25) is 0 Å². The molecule has 8 nitrogen and oxygen atoms in total. The number of hydrogen-bond donors (Lipinski definition) is 1. The Hall–Kier alpha value is -3.42. The minimum Gasteiger partial charge on any atom is -0.497 e. The minimum atomic E-state index is -0.532. The van der Waals surface area contributed by atoms with Crippen LogP contribution < -0.4 is 14.9 Å². The van der Waals surface area contributed by atoms with Crippen molar-refractivity contribution in [2.75, 3.05) is 14.2 Å². The summed E-state index contributed by atoms with van der Waals surface area (Å²) < 4.78 is 10.3. The Morgan fingerprint density at radius 2 is 1.71 bits per heavy atom. The molecule has 0 fully saturated rings. The molecule has 0 aliphatic rings. The SMILES string of the molecule is COc1cc(/C=N/NC(=O)c2ccc([N+](=O)[O-])cc2)cc(OC)c1. The smallest absolute Gasteiger partial charge is 0.271 e. The van der Waals surface area contributed by atoms with Gasteiger partial charge in [0.05, 0.1) is 25.4 Å². The van der Waals surface area contributed by atoms with Crippen molar-refractivity contribution in [2.24, 2.45) is 5.10 Å². The molecule has 0 spiro atoms. The number of ether oxygens (including phenoxy) is 2. The molecule has 8 heteroatoms. The lowest BCUT2D eigenvalue weighted by Crippen LogP contribution is -2.17. The highest BCUT2D eigenvalue weighted by molar-refractivity contribution is 5.95. The summed E-state index contributed by atoms with van der Waals surface area (Å²) in [7, 11) is 3.07. The van der Waals surface area contributed by atoms with Crippen LogP contribution in [0.15, 0.2) is 47.6 Å². The monoisotopic (exact) mass is 329 g/mol. The zero-order chi connectivity index (χ0) is 17.5. The highest BCUT2D eigenvalue weighted by atomic mass is 16.6. The summed E-state index contributed by atoms with van der Waals surface area (Å²) in [5.74, 6) is 0.714. The Morgan fingerprint density at radius 1 is 1.12 bits per heavy atom. The topological polar surface area (TPSA) is 103 Å². The molecule has 0 saturated heterocycles. The van der Waals surface area contributed by atoms with E-state index in [0.717, 1.165) is 0 Å². The summed E-state index contributed by atoms with van der Waals surface area (Å²) in [5, 5.41) is 14.4. The molecule has 0 aromatic heterocycles. The second kappa shape index (κ2) is 7.73. The largest absolute Gasteiger partial charge is 0.497 e. The van der Waals surface area contributed by atoms with Gasteiger partial charge in [-0.05, 0) is 24.3 Å². The van der Waals surface area contributed by atoms with Crippen LogP contribution in [0.1, 0.15) is 15.9 Å². The van der Waals surface area contributed by atoms with Gasteiger partial charge in [-0.25, -0.2) is 5.43 Å². The number of nitrogens with one attached hydrogen (secondary N) is 1. The molecule has 0 aliphatic heterocycles. The van der Waals surface area contributed by atoms with Gasteiger partial charge in [0.15, 0.2) is 0 Å². The van der Waals surface area contributed by atoms with Crippen molar-refractivity contribution in [2.45, 2.75) is 0 Å². The van der Waals surface area contributed by atoms with E-state index >= 15 is 0 Å². The minimum absolute atomic E-state index is 0.0847. The molecule has 0 saturated carbocycles. The van der Waals surface area contributed by atoms with Gasteiger partial charge in [-0.15, -0.1) is 0 Å². The number of hydrazone groups is 1. The Kier molecular flexibility index (Phi) is 5.45. The Balaban J connectivity index is 2.05. The van der Waals surface area contributed by atoms with Crippen LogP contribution in [0.5, 0.6) is 11.5 Å². The number of carbonyl (C=O) groups excluding carboxylic acids is 1. The van der Waals surface area contributed by atoms with E-state index < -0.39 is 10.8 Å². The van der Waals surface area contributed by atoms with Gasteiger partial charge in [-0.2, -0.15) is 5.10 Å². The number of carbonyl (C=O) groups is 1. The van der Waals surface area contributed by atoms with E-state index in [9.17, 15) is 14.9 Å². The highest BCUT2D eigenvalue weighted by Gasteiger charge is 2.08. The predicted octanol–water partition coefficient (Wildman–Crippen LogP) is 2.38. The van der Waals surface area contributed by atoms with Crippen molar-refractivity contribution < 1.29 is 19.2 Å². The highest BCUT2D eigenvalue weighted by Crippen LogP contribution is 2.21. The number of nitro benzene ring substituents is 1. The van der Waals surface area contributed by atoms with Crippen LogP contribution in [-0.2, 0) is 0 Å². The third-order valence-corrected chi connectivity index (χ3v) is 3.09. The first-order valence-corrected chi connectivity index (χ1v) is 6.84. The van der Waals surface area contributed by atoms with Crippen molar-refractivity contribution >= 4 is 17.8 Å². The molecule has 0 bridgehead atoms. The average molecular weight is 329 g/mol.